The summed E-state index contributed by atoms with van der Waals surface area (Å²) in [5.41, 5.74) is 4.28. The Hall–Kier alpha value is -4.26. The molecule has 172 valence electrons. The van der Waals surface area contributed by atoms with Crippen LogP contribution in [0.5, 0.6) is 5.75 Å². The quantitative estimate of drug-likeness (QED) is 0.257. The highest BCUT2D eigenvalue weighted by Crippen LogP contribution is 2.25. The normalized spacial score (nSPS) is 11.1. The average Bonchev–Trinajstić information content (AvgIpc) is 3.27. The Morgan fingerprint density at radius 3 is 2.35 bits per heavy atom. The monoisotopic (exact) mass is 455 g/mol. The maximum atomic E-state index is 11.6. The van der Waals surface area contributed by atoms with E-state index in [1.165, 1.54) is 6.92 Å². The van der Waals surface area contributed by atoms with Crippen molar-refractivity contribution in [1.29, 1.82) is 0 Å². The van der Waals surface area contributed by atoms with Gasteiger partial charge in [0.05, 0.1) is 6.61 Å². The largest absolute Gasteiger partial charge is 0.487 e. The first-order chi connectivity index (χ1) is 16.6. The molecule has 0 atom stereocenters. The second kappa shape index (κ2) is 11.0. The zero-order chi connectivity index (χ0) is 23.8. The van der Waals surface area contributed by atoms with Crippen molar-refractivity contribution < 1.29 is 19.1 Å². The van der Waals surface area contributed by atoms with Gasteiger partial charge in [-0.3, -0.25) is 9.59 Å². The zero-order valence-corrected chi connectivity index (χ0v) is 18.9. The second-order valence-corrected chi connectivity index (χ2v) is 7.75. The third kappa shape index (κ3) is 6.16. The van der Waals surface area contributed by atoms with Crippen LogP contribution in [0.15, 0.2) is 78.9 Å². The Labute approximate surface area is 197 Å². The van der Waals surface area contributed by atoms with Gasteiger partial charge in [-0.2, -0.15) is 0 Å². The lowest BCUT2D eigenvalue weighted by Gasteiger charge is -2.12. The predicted molar refractivity (Wildman–Crippen MR) is 130 cm³/mol. The fourth-order valence-corrected chi connectivity index (χ4v) is 3.39. The molecule has 0 aliphatic carbocycles. The molecule has 0 spiro atoms. The lowest BCUT2D eigenvalue weighted by molar-refractivity contribution is -0.145. The Morgan fingerprint density at radius 1 is 0.941 bits per heavy atom. The minimum Gasteiger partial charge on any atom is -0.487 e. The van der Waals surface area contributed by atoms with Crippen LogP contribution in [0.1, 0.15) is 24.5 Å². The van der Waals surface area contributed by atoms with Crippen LogP contribution in [-0.4, -0.2) is 40.0 Å². The van der Waals surface area contributed by atoms with Gasteiger partial charge in [0.1, 0.15) is 41.3 Å². The number of esters is 1. The minimum absolute atomic E-state index is 0.181. The second-order valence-electron chi connectivity index (χ2n) is 7.75. The van der Waals surface area contributed by atoms with E-state index in [1.54, 1.807) is 4.80 Å². The number of ketones is 1. The maximum Gasteiger partial charge on any atom is 0.313 e. The van der Waals surface area contributed by atoms with Crippen LogP contribution >= 0.6 is 0 Å². The van der Waals surface area contributed by atoms with Crippen molar-refractivity contribution in [1.82, 2.24) is 15.0 Å². The molecule has 0 aliphatic heterocycles. The molecule has 0 unspecified atom stereocenters. The van der Waals surface area contributed by atoms with Gasteiger partial charge in [0.15, 0.2) is 0 Å². The molecule has 0 bridgehead atoms. The Bertz CT molecular complexity index is 1280. The molecule has 1 aromatic heterocycles. The standard InChI is InChI=1S/C27H25N3O4/c1-20(31)18-27(32)34-17-15-22-13-14-26(33-16-7-10-21-8-3-2-4-9-21)25(19-22)30-28-23-11-5-6-12-24(23)29-30/h2-14,19H,15-18H2,1H3/b10-7+. The van der Waals surface area contributed by atoms with Crippen molar-refractivity contribution in [3.05, 3.63) is 90.0 Å². The summed E-state index contributed by atoms with van der Waals surface area (Å²) >= 11 is 0. The molecule has 1 heterocycles. The van der Waals surface area contributed by atoms with E-state index in [-0.39, 0.29) is 18.8 Å². The van der Waals surface area contributed by atoms with Gasteiger partial charge in [0.25, 0.3) is 0 Å². The topological polar surface area (TPSA) is 83.3 Å². The maximum absolute atomic E-state index is 11.6. The summed E-state index contributed by atoms with van der Waals surface area (Å²) in [5.74, 6) is -0.0971. The molecule has 4 rings (SSSR count). The number of hydrogen-bond acceptors (Lipinski definition) is 6. The molecule has 0 saturated carbocycles. The van der Waals surface area contributed by atoms with E-state index >= 15 is 0 Å². The number of benzene rings is 3. The minimum atomic E-state index is -0.516. The molecular weight excluding hydrogens is 430 g/mol. The Morgan fingerprint density at radius 2 is 1.65 bits per heavy atom. The van der Waals surface area contributed by atoms with E-state index in [2.05, 4.69) is 10.2 Å². The molecule has 0 radical (unpaired) electrons. The number of Topliss-reactive ketones (excluding diaryl/α,β-unsaturated/α-hetero) is 1. The first-order valence-corrected chi connectivity index (χ1v) is 11.0. The first kappa shape index (κ1) is 22.9. The summed E-state index contributed by atoms with van der Waals surface area (Å²) in [7, 11) is 0. The summed E-state index contributed by atoms with van der Waals surface area (Å²) in [4.78, 5) is 24.3. The first-order valence-electron chi connectivity index (χ1n) is 11.0. The van der Waals surface area contributed by atoms with Gasteiger partial charge >= 0.3 is 5.97 Å². The molecule has 0 saturated heterocycles. The highest BCUT2D eigenvalue weighted by molar-refractivity contribution is 5.94. The molecule has 7 heteroatoms. The third-order valence-corrected chi connectivity index (χ3v) is 5.02. The lowest BCUT2D eigenvalue weighted by atomic mass is 10.1. The van der Waals surface area contributed by atoms with Crippen LogP contribution in [0.2, 0.25) is 0 Å². The molecule has 0 N–H and O–H groups in total. The summed E-state index contributed by atoms with van der Waals surface area (Å²) in [5, 5.41) is 9.17. The van der Waals surface area contributed by atoms with Gasteiger partial charge in [0, 0.05) is 6.42 Å². The van der Waals surface area contributed by atoms with Gasteiger partial charge in [0.2, 0.25) is 0 Å². The van der Waals surface area contributed by atoms with Gasteiger partial charge in [-0.25, -0.2) is 0 Å². The van der Waals surface area contributed by atoms with Gasteiger partial charge < -0.3 is 9.47 Å². The third-order valence-electron chi connectivity index (χ3n) is 5.02. The van der Waals surface area contributed by atoms with Crippen LogP contribution in [0, 0.1) is 0 Å². The van der Waals surface area contributed by atoms with Crippen molar-refractivity contribution in [2.75, 3.05) is 13.2 Å². The molecule has 0 amide bonds. The number of rotatable bonds is 10. The summed E-state index contributed by atoms with van der Waals surface area (Å²) in [6.07, 6.45) is 4.24. The van der Waals surface area contributed by atoms with E-state index in [0.29, 0.717) is 24.5 Å². The van der Waals surface area contributed by atoms with Crippen LogP contribution < -0.4 is 4.74 Å². The summed E-state index contributed by atoms with van der Waals surface area (Å²) < 4.78 is 11.2. The van der Waals surface area contributed by atoms with E-state index in [0.717, 1.165) is 22.2 Å². The van der Waals surface area contributed by atoms with Crippen LogP contribution in [-0.2, 0) is 20.7 Å². The number of carbonyl (C=O) groups excluding carboxylic acids is 2. The molecule has 3 aromatic carbocycles. The van der Waals surface area contributed by atoms with Crippen molar-refractivity contribution >= 4 is 28.9 Å². The van der Waals surface area contributed by atoms with Crippen molar-refractivity contribution in [3.8, 4) is 11.4 Å². The number of aromatic nitrogens is 3. The number of nitrogens with zero attached hydrogens (tertiary/aromatic N) is 3. The number of carbonyl (C=O) groups is 2. The smallest absolute Gasteiger partial charge is 0.313 e. The molecule has 7 nitrogen and oxygen atoms in total. The average molecular weight is 456 g/mol. The van der Waals surface area contributed by atoms with E-state index in [4.69, 9.17) is 9.47 Å². The number of hydrogen-bond donors (Lipinski definition) is 0. The molecule has 0 aliphatic rings. The Kier molecular flexibility index (Phi) is 7.45. The van der Waals surface area contributed by atoms with E-state index in [9.17, 15) is 9.59 Å². The molecule has 34 heavy (non-hydrogen) atoms. The SMILES string of the molecule is CC(=O)CC(=O)OCCc1ccc(OC/C=C/c2ccccc2)c(-n2nc3ccccc3n2)c1. The molecule has 4 aromatic rings. The number of fused-ring (bicyclic) bond motifs is 1. The molecule has 0 fully saturated rings. The van der Waals surface area contributed by atoms with E-state index in [1.807, 2.05) is 84.9 Å². The van der Waals surface area contributed by atoms with E-state index < -0.39 is 5.97 Å². The van der Waals surface area contributed by atoms with Gasteiger partial charge in [-0.15, -0.1) is 15.0 Å². The highest BCUT2D eigenvalue weighted by Gasteiger charge is 2.12. The fraction of sp³-hybridized carbons (Fsp3) is 0.185. The zero-order valence-electron chi connectivity index (χ0n) is 18.9. The summed E-state index contributed by atoms with van der Waals surface area (Å²) in [6, 6.07) is 23.4. The van der Waals surface area contributed by atoms with Crippen molar-refractivity contribution in [3.63, 3.8) is 0 Å². The predicted octanol–water partition coefficient (Wildman–Crippen LogP) is 4.58. The summed E-state index contributed by atoms with van der Waals surface area (Å²) in [6.45, 7) is 1.92. The highest BCUT2D eigenvalue weighted by atomic mass is 16.5. The van der Waals surface area contributed by atoms with Crippen molar-refractivity contribution in [2.24, 2.45) is 0 Å². The van der Waals surface area contributed by atoms with Crippen molar-refractivity contribution in [2.45, 2.75) is 19.8 Å². The lowest BCUT2D eigenvalue weighted by Crippen LogP contribution is -2.11. The number of ether oxygens (including phenoxy) is 2. The van der Waals surface area contributed by atoms with Crippen LogP contribution in [0.25, 0.3) is 22.8 Å². The fourth-order valence-electron chi connectivity index (χ4n) is 3.39. The van der Waals surface area contributed by atoms with Crippen LogP contribution in [0.3, 0.4) is 0 Å². The Balaban J connectivity index is 1.51. The molecular formula is C27H25N3O4. The van der Waals surface area contributed by atoms with Gasteiger partial charge in [-0.05, 0) is 48.4 Å². The van der Waals surface area contributed by atoms with Crippen LogP contribution in [0.4, 0.5) is 0 Å². The van der Waals surface area contributed by atoms with Gasteiger partial charge in [-0.1, -0.05) is 54.6 Å².